The third-order valence-electron chi connectivity index (χ3n) is 0.929. The first-order valence-electron chi connectivity index (χ1n) is 4.39. The normalized spacial score (nSPS) is 8.85. The Balaban J connectivity index is -0.0000000558. The van der Waals surface area contributed by atoms with Crippen LogP contribution in [-0.4, -0.2) is 41.3 Å². The van der Waals surface area contributed by atoms with Crippen molar-refractivity contribution in [2.24, 2.45) is 0 Å². The second kappa shape index (κ2) is 28.7. The van der Waals surface area contributed by atoms with Gasteiger partial charge in [-0.15, -0.1) is 6.04 Å². The maximum atomic E-state index is 8.04. The monoisotopic (exact) mass is 480 g/mol. The van der Waals surface area contributed by atoms with Gasteiger partial charge in [0.1, 0.15) is 6.79 Å². The first-order chi connectivity index (χ1) is 8.35. The van der Waals surface area contributed by atoms with E-state index in [4.69, 9.17) is 26.8 Å². The van der Waals surface area contributed by atoms with Crippen molar-refractivity contribution in [3.05, 3.63) is 36.5 Å². The number of aliphatic hydroxyl groups is 3. The fourth-order valence-electron chi connectivity index (χ4n) is 0.254. The van der Waals surface area contributed by atoms with Gasteiger partial charge in [0, 0.05) is 72.0 Å². The SMILES string of the molecule is C=C(O)OP.C=C(O)OP.[NH-]CC([NH-])COCO.[Y].[Y]. The summed E-state index contributed by atoms with van der Waals surface area (Å²) in [7, 11) is 3.69. The van der Waals surface area contributed by atoms with Crippen LogP contribution in [0.3, 0.4) is 0 Å². The molecule has 0 aliphatic rings. The molecule has 0 aromatic carbocycles. The van der Waals surface area contributed by atoms with E-state index in [1.54, 1.807) is 0 Å². The average molecular weight is 480 g/mol. The first-order valence-corrected chi connectivity index (χ1v) is 5.33. The van der Waals surface area contributed by atoms with Crippen LogP contribution < -0.4 is 0 Å². The standard InChI is InChI=1S/C4H10N2O2.2C2H5O2P.2Y/c5-1-4(6)2-8-3-7;2*1-2(3)4-5;;/h4-7H,1-3H2;2*3H,1,5H2;;/q-2;;;;. The van der Waals surface area contributed by atoms with Crippen molar-refractivity contribution in [1.29, 1.82) is 0 Å². The Labute approximate surface area is 174 Å². The number of rotatable bonds is 6. The minimum atomic E-state index is -0.512. The maximum Gasteiger partial charge on any atom is 0.271 e. The number of hydrogen-bond donors (Lipinski definition) is 3. The van der Waals surface area contributed by atoms with E-state index in [1.807, 2.05) is 18.9 Å². The van der Waals surface area contributed by atoms with E-state index in [9.17, 15) is 0 Å². The first kappa shape index (κ1) is 33.3. The largest absolute Gasteiger partial charge is 0.679 e. The van der Waals surface area contributed by atoms with Crippen molar-refractivity contribution in [3.63, 3.8) is 0 Å². The molecule has 12 heteroatoms. The minimum Gasteiger partial charge on any atom is -0.679 e. The molecule has 3 atom stereocenters. The molecule has 0 aromatic rings. The predicted octanol–water partition coefficient (Wildman–Crippen LogP) is 2.07. The molecule has 0 amide bonds. The van der Waals surface area contributed by atoms with Crippen molar-refractivity contribution < 1.29 is 94.5 Å². The summed E-state index contributed by atoms with van der Waals surface area (Å²) in [6.45, 7) is 5.80. The van der Waals surface area contributed by atoms with Crippen LogP contribution >= 0.6 is 18.9 Å². The molecule has 0 fully saturated rings. The molecule has 0 spiro atoms. The van der Waals surface area contributed by atoms with Crippen LogP contribution in [0.5, 0.6) is 0 Å². The fourth-order valence-corrected chi connectivity index (χ4v) is 0.254. The van der Waals surface area contributed by atoms with E-state index < -0.39 is 6.04 Å². The Bertz CT molecular complexity index is 203. The van der Waals surface area contributed by atoms with E-state index in [0.717, 1.165) is 0 Å². The summed E-state index contributed by atoms with van der Waals surface area (Å²) < 4.78 is 12.5. The Morgan fingerprint density at radius 2 is 1.40 bits per heavy atom. The van der Waals surface area contributed by atoms with Crippen LogP contribution in [0.1, 0.15) is 0 Å². The van der Waals surface area contributed by atoms with Crippen molar-refractivity contribution >= 4 is 18.9 Å². The zero-order valence-electron chi connectivity index (χ0n) is 11.0. The molecule has 0 aliphatic heterocycles. The molecule has 20 heavy (non-hydrogen) atoms. The number of aliphatic hydroxyl groups excluding tert-OH is 3. The minimum absolute atomic E-state index is 0. The van der Waals surface area contributed by atoms with Gasteiger partial charge in [0.2, 0.25) is 0 Å². The van der Waals surface area contributed by atoms with Crippen LogP contribution in [0.25, 0.3) is 11.5 Å². The van der Waals surface area contributed by atoms with Crippen molar-refractivity contribution in [1.82, 2.24) is 0 Å². The van der Waals surface area contributed by atoms with E-state index >= 15 is 0 Å². The van der Waals surface area contributed by atoms with Crippen molar-refractivity contribution in [2.45, 2.75) is 6.04 Å². The fraction of sp³-hybridized carbons (Fsp3) is 0.500. The van der Waals surface area contributed by atoms with Gasteiger partial charge in [-0.25, -0.2) is 0 Å². The van der Waals surface area contributed by atoms with Gasteiger partial charge < -0.3 is 40.6 Å². The smallest absolute Gasteiger partial charge is 0.271 e. The zero-order chi connectivity index (χ0) is 15.0. The molecule has 0 bridgehead atoms. The predicted molar refractivity (Wildman–Crippen MR) is 75.5 cm³/mol. The van der Waals surface area contributed by atoms with Gasteiger partial charge in [-0.3, -0.25) is 0 Å². The second-order valence-corrected chi connectivity index (χ2v) is 2.90. The van der Waals surface area contributed by atoms with Gasteiger partial charge in [0.25, 0.3) is 11.9 Å². The molecule has 0 aliphatic carbocycles. The molecule has 3 unspecified atom stereocenters. The van der Waals surface area contributed by atoms with Gasteiger partial charge >= 0.3 is 0 Å². The average Bonchev–Trinajstić information content (AvgIpc) is 2.37. The van der Waals surface area contributed by atoms with E-state index in [2.05, 4.69) is 26.9 Å². The van der Waals surface area contributed by atoms with E-state index in [1.165, 1.54) is 0 Å². The summed E-state index contributed by atoms with van der Waals surface area (Å²) in [5, 5.41) is 23.9. The van der Waals surface area contributed by atoms with Crippen LogP contribution in [0.2, 0.25) is 0 Å². The number of hydrogen-bond acceptors (Lipinski definition) is 6. The summed E-state index contributed by atoms with van der Waals surface area (Å²) >= 11 is 0. The summed E-state index contributed by atoms with van der Waals surface area (Å²) in [5.41, 5.74) is 13.5. The molecule has 0 saturated carbocycles. The maximum absolute atomic E-state index is 8.04. The molecular formula is C8H20N2O6P2Y2-2. The van der Waals surface area contributed by atoms with Crippen molar-refractivity contribution in [3.8, 4) is 0 Å². The Hall–Kier alpha value is 1.59. The van der Waals surface area contributed by atoms with Gasteiger partial charge in [-0.05, 0) is 13.2 Å². The van der Waals surface area contributed by atoms with Gasteiger partial charge in [-0.1, -0.05) is 0 Å². The van der Waals surface area contributed by atoms with Gasteiger partial charge in [0.15, 0.2) is 0 Å². The molecule has 0 saturated heterocycles. The molecule has 2 radical (unpaired) electrons. The molecule has 0 rings (SSSR count). The Kier molecular flexibility index (Phi) is 47.7. The molecule has 0 heterocycles. The van der Waals surface area contributed by atoms with Crippen LogP contribution in [0.15, 0.2) is 25.0 Å². The summed E-state index contributed by atoms with van der Waals surface area (Å²) in [6, 6.07) is -0.512. The van der Waals surface area contributed by atoms with E-state index in [0.29, 0.717) is 0 Å². The van der Waals surface area contributed by atoms with Gasteiger partial charge in [-0.2, -0.15) is 6.54 Å². The van der Waals surface area contributed by atoms with Crippen LogP contribution in [-0.2, 0) is 79.2 Å². The van der Waals surface area contributed by atoms with Gasteiger partial charge in [0.05, 0.1) is 18.9 Å². The summed E-state index contributed by atoms with van der Waals surface area (Å²) in [5.74, 6) is -0.565. The molecule has 8 nitrogen and oxygen atoms in total. The molecule has 116 valence electrons. The Morgan fingerprint density at radius 1 is 1.10 bits per heavy atom. The van der Waals surface area contributed by atoms with E-state index in [-0.39, 0.29) is 97.3 Å². The third kappa shape index (κ3) is 50.4. The Morgan fingerprint density at radius 3 is 1.55 bits per heavy atom. The molecule has 0 aromatic heterocycles. The number of nitrogens with one attached hydrogen (secondary N) is 2. The van der Waals surface area contributed by atoms with Crippen molar-refractivity contribution in [2.75, 3.05) is 19.9 Å². The van der Waals surface area contributed by atoms with Crippen LogP contribution in [0, 0.1) is 0 Å². The molecule has 5 N–H and O–H groups in total. The molecular weight excluding hydrogens is 460 g/mol. The quantitative estimate of drug-likeness (QED) is 0.303. The second-order valence-electron chi connectivity index (χ2n) is 2.42. The summed E-state index contributed by atoms with van der Waals surface area (Å²) in [6.07, 6.45) is 0. The third-order valence-corrected chi connectivity index (χ3v) is 1.47. The summed E-state index contributed by atoms with van der Waals surface area (Å²) in [4.78, 5) is 0. The van der Waals surface area contributed by atoms with Crippen LogP contribution in [0.4, 0.5) is 0 Å². The topological polar surface area (TPSA) is 136 Å². The number of ether oxygens (including phenoxy) is 1. The zero-order valence-corrected chi connectivity index (χ0v) is 19.0.